The molecule has 2 heteroatoms. The van der Waals surface area contributed by atoms with E-state index in [1.165, 1.54) is 38.9 Å². The first-order valence-corrected chi connectivity index (χ1v) is 8.36. The van der Waals surface area contributed by atoms with Gasteiger partial charge in [0.2, 0.25) is 0 Å². The van der Waals surface area contributed by atoms with Crippen LogP contribution in [0.2, 0.25) is 0 Å². The van der Waals surface area contributed by atoms with Crippen molar-refractivity contribution in [2.24, 2.45) is 11.3 Å². The molecule has 0 radical (unpaired) electrons. The molecule has 0 aliphatic rings. The Morgan fingerprint density at radius 1 is 1.05 bits per heavy atom. The van der Waals surface area contributed by atoms with Gasteiger partial charge in [0.1, 0.15) is 0 Å². The SMILES string of the molecule is CCC(CC)CN(CC)CC(C)(CC)CNC(C)C. The molecule has 0 aromatic rings. The lowest BCUT2D eigenvalue weighted by atomic mass is 9.86. The Balaban J connectivity index is 4.44. The van der Waals surface area contributed by atoms with Crippen molar-refractivity contribution in [3.63, 3.8) is 0 Å². The third-order valence-electron chi connectivity index (χ3n) is 4.51. The van der Waals surface area contributed by atoms with E-state index in [2.05, 4.69) is 58.7 Å². The van der Waals surface area contributed by atoms with E-state index in [0.29, 0.717) is 11.5 Å². The second-order valence-electron chi connectivity index (χ2n) is 6.71. The van der Waals surface area contributed by atoms with E-state index in [9.17, 15) is 0 Å². The quantitative estimate of drug-likeness (QED) is 0.606. The van der Waals surface area contributed by atoms with Gasteiger partial charge in [-0.3, -0.25) is 0 Å². The molecule has 0 fully saturated rings. The largest absolute Gasteiger partial charge is 0.314 e. The van der Waals surface area contributed by atoms with Crippen molar-refractivity contribution in [3.05, 3.63) is 0 Å². The van der Waals surface area contributed by atoms with E-state index < -0.39 is 0 Å². The molecule has 2 nitrogen and oxygen atoms in total. The van der Waals surface area contributed by atoms with Gasteiger partial charge < -0.3 is 10.2 Å². The fourth-order valence-corrected chi connectivity index (χ4v) is 2.50. The van der Waals surface area contributed by atoms with Gasteiger partial charge in [0, 0.05) is 25.7 Å². The Morgan fingerprint density at radius 3 is 2.00 bits per heavy atom. The second-order valence-corrected chi connectivity index (χ2v) is 6.71. The minimum absolute atomic E-state index is 0.395. The first kappa shape index (κ1) is 18.9. The number of nitrogens with one attached hydrogen (secondary N) is 1. The highest BCUT2D eigenvalue weighted by atomic mass is 15.1. The summed E-state index contributed by atoms with van der Waals surface area (Å²) in [4.78, 5) is 2.66. The van der Waals surface area contributed by atoms with Crippen molar-refractivity contribution < 1.29 is 0 Å². The van der Waals surface area contributed by atoms with Crippen molar-refractivity contribution >= 4 is 0 Å². The Bertz CT molecular complexity index is 211. The summed E-state index contributed by atoms with van der Waals surface area (Å²) in [7, 11) is 0. The molecular formula is C17H38N2. The lowest BCUT2D eigenvalue weighted by molar-refractivity contribution is 0.138. The van der Waals surface area contributed by atoms with Crippen LogP contribution in [0.25, 0.3) is 0 Å². The lowest BCUT2D eigenvalue weighted by Crippen LogP contribution is -2.44. The molecule has 1 unspecified atom stereocenters. The van der Waals surface area contributed by atoms with Crippen LogP contribution in [0.1, 0.15) is 67.7 Å². The van der Waals surface area contributed by atoms with Gasteiger partial charge in [-0.1, -0.05) is 61.3 Å². The summed E-state index contributed by atoms with van der Waals surface area (Å²) < 4.78 is 0. The number of hydrogen-bond donors (Lipinski definition) is 1. The Morgan fingerprint density at radius 2 is 1.63 bits per heavy atom. The highest BCUT2D eigenvalue weighted by Gasteiger charge is 2.25. The van der Waals surface area contributed by atoms with Crippen LogP contribution in [0, 0.1) is 11.3 Å². The maximum absolute atomic E-state index is 3.62. The van der Waals surface area contributed by atoms with E-state index in [-0.39, 0.29) is 0 Å². The van der Waals surface area contributed by atoms with Crippen LogP contribution in [-0.4, -0.2) is 37.1 Å². The van der Waals surface area contributed by atoms with E-state index >= 15 is 0 Å². The van der Waals surface area contributed by atoms with Gasteiger partial charge in [-0.15, -0.1) is 0 Å². The maximum atomic E-state index is 3.62. The summed E-state index contributed by atoms with van der Waals surface area (Å²) in [5.74, 6) is 0.860. The van der Waals surface area contributed by atoms with Crippen molar-refractivity contribution in [2.75, 3.05) is 26.2 Å². The van der Waals surface area contributed by atoms with Crippen LogP contribution in [0.3, 0.4) is 0 Å². The molecule has 1 N–H and O–H groups in total. The van der Waals surface area contributed by atoms with Crippen molar-refractivity contribution in [2.45, 2.75) is 73.8 Å². The van der Waals surface area contributed by atoms with Gasteiger partial charge in [-0.25, -0.2) is 0 Å². The molecule has 0 aromatic heterocycles. The first-order chi connectivity index (χ1) is 8.90. The van der Waals surface area contributed by atoms with Gasteiger partial charge in [-0.05, 0) is 24.3 Å². The molecule has 116 valence electrons. The highest BCUT2D eigenvalue weighted by molar-refractivity contribution is 4.81. The normalized spacial score (nSPS) is 15.5. The second kappa shape index (κ2) is 9.77. The molecule has 19 heavy (non-hydrogen) atoms. The zero-order valence-electron chi connectivity index (χ0n) is 14.6. The molecule has 0 aliphatic heterocycles. The topological polar surface area (TPSA) is 15.3 Å². The molecule has 0 aromatic carbocycles. The van der Waals surface area contributed by atoms with Gasteiger partial charge in [0.15, 0.2) is 0 Å². The Kier molecular flexibility index (Phi) is 9.72. The van der Waals surface area contributed by atoms with Gasteiger partial charge >= 0.3 is 0 Å². The van der Waals surface area contributed by atoms with Crippen LogP contribution in [0.15, 0.2) is 0 Å². The molecule has 0 rings (SSSR count). The van der Waals surface area contributed by atoms with Crippen molar-refractivity contribution in [3.8, 4) is 0 Å². The summed E-state index contributed by atoms with van der Waals surface area (Å²) in [6, 6.07) is 0.583. The molecule has 0 heterocycles. The van der Waals surface area contributed by atoms with Gasteiger partial charge in [-0.2, -0.15) is 0 Å². The first-order valence-electron chi connectivity index (χ1n) is 8.36. The summed E-state index contributed by atoms with van der Waals surface area (Å²) in [6.07, 6.45) is 3.85. The maximum Gasteiger partial charge on any atom is 0.00474 e. The highest BCUT2D eigenvalue weighted by Crippen LogP contribution is 2.23. The summed E-state index contributed by atoms with van der Waals surface area (Å²) in [6.45, 7) is 20.9. The molecular weight excluding hydrogens is 232 g/mol. The van der Waals surface area contributed by atoms with Crippen LogP contribution in [-0.2, 0) is 0 Å². The summed E-state index contributed by atoms with van der Waals surface area (Å²) in [5.41, 5.74) is 0.395. The van der Waals surface area contributed by atoms with E-state index in [0.717, 1.165) is 12.5 Å². The standard InChI is InChI=1S/C17H38N2/c1-8-16(9-2)12-19(11-4)14-17(7,10-3)13-18-15(5)6/h15-16,18H,8-14H2,1-7H3. The molecule has 0 bridgehead atoms. The Labute approximate surface area is 122 Å². The molecule has 1 atom stereocenters. The predicted molar refractivity (Wildman–Crippen MR) is 87.7 cm³/mol. The van der Waals surface area contributed by atoms with Crippen LogP contribution in [0.4, 0.5) is 0 Å². The van der Waals surface area contributed by atoms with Gasteiger partial charge in [0.05, 0.1) is 0 Å². The average Bonchev–Trinajstić information content (AvgIpc) is 2.41. The summed E-state index contributed by atoms with van der Waals surface area (Å²) >= 11 is 0. The minimum Gasteiger partial charge on any atom is -0.314 e. The van der Waals surface area contributed by atoms with Crippen LogP contribution < -0.4 is 5.32 Å². The third kappa shape index (κ3) is 7.94. The molecule has 0 saturated carbocycles. The zero-order valence-corrected chi connectivity index (χ0v) is 14.6. The average molecular weight is 271 g/mol. The third-order valence-corrected chi connectivity index (χ3v) is 4.51. The van der Waals surface area contributed by atoms with Crippen LogP contribution >= 0.6 is 0 Å². The van der Waals surface area contributed by atoms with E-state index in [1.54, 1.807) is 0 Å². The fourth-order valence-electron chi connectivity index (χ4n) is 2.50. The molecule has 0 aliphatic carbocycles. The number of hydrogen-bond acceptors (Lipinski definition) is 2. The van der Waals surface area contributed by atoms with E-state index in [4.69, 9.17) is 0 Å². The monoisotopic (exact) mass is 270 g/mol. The fraction of sp³-hybridized carbons (Fsp3) is 1.00. The number of nitrogens with zero attached hydrogens (tertiary/aromatic N) is 1. The van der Waals surface area contributed by atoms with Crippen molar-refractivity contribution in [1.82, 2.24) is 10.2 Å². The Hall–Kier alpha value is -0.0800. The zero-order chi connectivity index (χ0) is 14.9. The molecule has 0 spiro atoms. The molecule has 0 saturated heterocycles. The van der Waals surface area contributed by atoms with Crippen molar-refractivity contribution in [1.29, 1.82) is 0 Å². The lowest BCUT2D eigenvalue weighted by Gasteiger charge is -2.36. The summed E-state index contributed by atoms with van der Waals surface area (Å²) in [5, 5.41) is 3.62. The molecule has 0 amide bonds. The van der Waals surface area contributed by atoms with E-state index in [1.807, 2.05) is 0 Å². The smallest absolute Gasteiger partial charge is 0.00474 e. The minimum atomic E-state index is 0.395. The number of rotatable bonds is 11. The predicted octanol–water partition coefficient (Wildman–Crippen LogP) is 4.16. The van der Waals surface area contributed by atoms with Gasteiger partial charge in [0.25, 0.3) is 0 Å². The van der Waals surface area contributed by atoms with Crippen LogP contribution in [0.5, 0.6) is 0 Å².